The van der Waals surface area contributed by atoms with E-state index < -0.39 is 0 Å². The fourth-order valence-electron chi connectivity index (χ4n) is 1.86. The zero-order valence-electron chi connectivity index (χ0n) is 10.2. The van der Waals surface area contributed by atoms with Gasteiger partial charge in [0.25, 0.3) is 0 Å². The average molecular weight is 307 g/mol. The monoisotopic (exact) mass is 306 g/mol. The molecule has 0 unspecified atom stereocenters. The molecule has 1 aromatic carbocycles. The van der Waals surface area contributed by atoms with Gasteiger partial charge in [-0.15, -0.1) is 0 Å². The Morgan fingerprint density at radius 1 is 1.44 bits per heavy atom. The third kappa shape index (κ3) is 2.65. The number of nitrogens with zero attached hydrogens (tertiary/aromatic N) is 1. The van der Waals surface area contributed by atoms with Crippen molar-refractivity contribution in [2.24, 2.45) is 0 Å². The molecule has 0 bridgehead atoms. The quantitative estimate of drug-likeness (QED) is 0.936. The predicted molar refractivity (Wildman–Crippen MR) is 74.2 cm³/mol. The van der Waals surface area contributed by atoms with Crippen molar-refractivity contribution in [1.82, 2.24) is 10.3 Å². The highest BCUT2D eigenvalue weighted by Crippen LogP contribution is 2.29. The van der Waals surface area contributed by atoms with E-state index in [1.165, 1.54) is 18.4 Å². The Kier molecular flexibility index (Phi) is 3.22. The molecule has 4 heteroatoms. The largest absolute Gasteiger partial charge is 0.439 e. The lowest BCUT2D eigenvalue weighted by atomic mass is 10.1. The standard InChI is InChI=1S/C14H15BrN2O/c1-9-2-5-12(15)11(6-9)13-7-17-14(18-13)8-16-10-3-4-10/h2,5-7,10,16H,3-4,8H2,1H3. The minimum atomic E-state index is 0.672. The summed E-state index contributed by atoms with van der Waals surface area (Å²) >= 11 is 3.55. The van der Waals surface area contributed by atoms with E-state index in [2.05, 4.69) is 45.3 Å². The van der Waals surface area contributed by atoms with Crippen LogP contribution in [0, 0.1) is 6.92 Å². The maximum absolute atomic E-state index is 5.78. The fraction of sp³-hybridized carbons (Fsp3) is 0.357. The Hall–Kier alpha value is -1.13. The third-order valence-electron chi connectivity index (χ3n) is 3.06. The van der Waals surface area contributed by atoms with Crippen molar-refractivity contribution in [2.75, 3.05) is 0 Å². The highest BCUT2D eigenvalue weighted by Gasteiger charge is 2.21. The number of oxazole rings is 1. The normalized spacial score (nSPS) is 15.0. The molecular weight excluding hydrogens is 292 g/mol. The summed E-state index contributed by atoms with van der Waals surface area (Å²) in [5, 5.41) is 3.40. The van der Waals surface area contributed by atoms with Gasteiger partial charge in [-0.25, -0.2) is 4.98 Å². The second-order valence-electron chi connectivity index (χ2n) is 4.76. The van der Waals surface area contributed by atoms with Crippen molar-refractivity contribution in [3.8, 4) is 11.3 Å². The van der Waals surface area contributed by atoms with Crippen molar-refractivity contribution in [3.63, 3.8) is 0 Å². The molecule has 1 aliphatic rings. The molecule has 18 heavy (non-hydrogen) atoms. The molecular formula is C14H15BrN2O. The Balaban J connectivity index is 1.80. The molecule has 1 N–H and O–H groups in total. The second kappa shape index (κ2) is 4.86. The smallest absolute Gasteiger partial charge is 0.208 e. The molecule has 94 valence electrons. The van der Waals surface area contributed by atoms with Gasteiger partial charge in [0.2, 0.25) is 5.89 Å². The summed E-state index contributed by atoms with van der Waals surface area (Å²) in [5.74, 6) is 1.57. The summed E-state index contributed by atoms with van der Waals surface area (Å²) in [6.45, 7) is 2.79. The summed E-state index contributed by atoms with van der Waals surface area (Å²) in [4.78, 5) is 4.31. The number of hydrogen-bond donors (Lipinski definition) is 1. The average Bonchev–Trinajstić information content (AvgIpc) is 3.08. The van der Waals surface area contributed by atoms with E-state index in [1.54, 1.807) is 6.20 Å². The van der Waals surface area contributed by atoms with Crippen LogP contribution in [0.4, 0.5) is 0 Å². The topological polar surface area (TPSA) is 38.1 Å². The predicted octanol–water partition coefficient (Wildman–Crippen LogP) is 3.66. The summed E-state index contributed by atoms with van der Waals surface area (Å²) in [5.41, 5.74) is 2.27. The van der Waals surface area contributed by atoms with Gasteiger partial charge in [0.1, 0.15) is 0 Å². The lowest BCUT2D eigenvalue weighted by Crippen LogP contribution is -2.15. The van der Waals surface area contributed by atoms with E-state index in [1.807, 2.05) is 6.07 Å². The van der Waals surface area contributed by atoms with Gasteiger partial charge < -0.3 is 9.73 Å². The molecule has 3 rings (SSSR count). The van der Waals surface area contributed by atoms with E-state index in [4.69, 9.17) is 4.42 Å². The molecule has 0 spiro atoms. The minimum Gasteiger partial charge on any atom is -0.439 e. The number of benzene rings is 1. The van der Waals surface area contributed by atoms with Crippen LogP contribution in [0.2, 0.25) is 0 Å². The number of aromatic nitrogens is 1. The van der Waals surface area contributed by atoms with Crippen LogP contribution in [-0.2, 0) is 6.54 Å². The van der Waals surface area contributed by atoms with Gasteiger partial charge in [0, 0.05) is 16.1 Å². The van der Waals surface area contributed by atoms with E-state index in [-0.39, 0.29) is 0 Å². The maximum Gasteiger partial charge on any atom is 0.208 e. The van der Waals surface area contributed by atoms with Gasteiger partial charge in [-0.1, -0.05) is 27.6 Å². The summed E-state index contributed by atoms with van der Waals surface area (Å²) in [6.07, 6.45) is 4.34. The zero-order valence-corrected chi connectivity index (χ0v) is 11.8. The van der Waals surface area contributed by atoms with Crippen LogP contribution in [0.5, 0.6) is 0 Å². The first-order valence-electron chi connectivity index (χ1n) is 6.17. The molecule has 0 saturated heterocycles. The second-order valence-corrected chi connectivity index (χ2v) is 5.61. The van der Waals surface area contributed by atoms with Crippen molar-refractivity contribution in [1.29, 1.82) is 0 Å². The van der Waals surface area contributed by atoms with Gasteiger partial charge in [-0.2, -0.15) is 0 Å². The van der Waals surface area contributed by atoms with Crippen LogP contribution in [-0.4, -0.2) is 11.0 Å². The molecule has 1 aliphatic carbocycles. The first kappa shape index (κ1) is 11.9. The van der Waals surface area contributed by atoms with E-state index in [0.717, 1.165) is 21.7 Å². The van der Waals surface area contributed by atoms with Gasteiger partial charge in [-0.05, 0) is 31.9 Å². The minimum absolute atomic E-state index is 0.672. The molecule has 1 aromatic heterocycles. The van der Waals surface area contributed by atoms with Crippen LogP contribution in [0.3, 0.4) is 0 Å². The van der Waals surface area contributed by atoms with Crippen LogP contribution in [0.25, 0.3) is 11.3 Å². The van der Waals surface area contributed by atoms with E-state index >= 15 is 0 Å². The van der Waals surface area contributed by atoms with Gasteiger partial charge in [0.15, 0.2) is 5.76 Å². The lowest BCUT2D eigenvalue weighted by molar-refractivity contribution is 0.476. The number of nitrogens with one attached hydrogen (secondary N) is 1. The highest BCUT2D eigenvalue weighted by molar-refractivity contribution is 9.10. The number of aryl methyl sites for hydroxylation is 1. The molecule has 3 nitrogen and oxygen atoms in total. The number of rotatable bonds is 4. The van der Waals surface area contributed by atoms with Gasteiger partial charge in [-0.3, -0.25) is 0 Å². The van der Waals surface area contributed by atoms with E-state index in [9.17, 15) is 0 Å². The van der Waals surface area contributed by atoms with Gasteiger partial charge >= 0.3 is 0 Å². The lowest BCUT2D eigenvalue weighted by Gasteiger charge is -2.02. The Morgan fingerprint density at radius 3 is 3.06 bits per heavy atom. The first-order chi connectivity index (χ1) is 8.72. The molecule has 0 aliphatic heterocycles. The van der Waals surface area contributed by atoms with Crippen molar-refractivity contribution < 1.29 is 4.42 Å². The molecule has 0 amide bonds. The summed E-state index contributed by atoms with van der Waals surface area (Å²) < 4.78 is 6.81. The molecule has 1 heterocycles. The Labute approximate surface area is 115 Å². The summed E-state index contributed by atoms with van der Waals surface area (Å²) in [7, 11) is 0. The highest BCUT2D eigenvalue weighted by atomic mass is 79.9. The number of hydrogen-bond acceptors (Lipinski definition) is 3. The van der Waals surface area contributed by atoms with E-state index in [0.29, 0.717) is 12.6 Å². The Bertz CT molecular complexity index is 561. The summed E-state index contributed by atoms with van der Waals surface area (Å²) in [6, 6.07) is 6.88. The fourth-order valence-corrected chi connectivity index (χ4v) is 2.31. The molecule has 0 atom stereocenters. The first-order valence-corrected chi connectivity index (χ1v) is 6.96. The Morgan fingerprint density at radius 2 is 2.28 bits per heavy atom. The molecule has 2 aromatic rings. The van der Waals surface area contributed by atoms with Gasteiger partial charge in [0.05, 0.1) is 12.7 Å². The van der Waals surface area contributed by atoms with Crippen LogP contribution in [0.15, 0.2) is 33.3 Å². The maximum atomic E-state index is 5.78. The molecule has 1 saturated carbocycles. The van der Waals surface area contributed by atoms with Crippen molar-refractivity contribution in [2.45, 2.75) is 32.4 Å². The number of halogens is 1. The van der Waals surface area contributed by atoms with Crippen LogP contribution < -0.4 is 5.32 Å². The third-order valence-corrected chi connectivity index (χ3v) is 3.75. The molecule has 0 radical (unpaired) electrons. The van der Waals surface area contributed by atoms with Crippen molar-refractivity contribution >= 4 is 15.9 Å². The zero-order chi connectivity index (χ0) is 12.5. The molecule has 1 fully saturated rings. The SMILES string of the molecule is Cc1ccc(Br)c(-c2cnc(CNC3CC3)o2)c1. The van der Waals surface area contributed by atoms with Crippen LogP contribution in [0.1, 0.15) is 24.3 Å². The van der Waals surface area contributed by atoms with Crippen molar-refractivity contribution in [3.05, 3.63) is 40.3 Å². The van der Waals surface area contributed by atoms with Crippen LogP contribution >= 0.6 is 15.9 Å².